The van der Waals surface area contributed by atoms with Gasteiger partial charge in [-0.3, -0.25) is 14.9 Å². The van der Waals surface area contributed by atoms with E-state index >= 15 is 0 Å². The molecule has 0 aliphatic carbocycles. The van der Waals surface area contributed by atoms with E-state index in [-0.39, 0.29) is 11.4 Å². The second kappa shape index (κ2) is 6.96. The molecule has 0 fully saturated rings. The summed E-state index contributed by atoms with van der Waals surface area (Å²) in [5, 5.41) is 17.8. The SMILES string of the molecule is Cc1ccc(/C=N\NC(=O)c2cc3c(ccc4ccccc43)o2)cc1[N+](=O)[O-]. The first kappa shape index (κ1) is 17.4. The third kappa shape index (κ3) is 3.21. The van der Waals surface area contributed by atoms with Crippen LogP contribution in [0.4, 0.5) is 5.69 Å². The highest BCUT2D eigenvalue weighted by Gasteiger charge is 2.14. The highest BCUT2D eigenvalue weighted by Crippen LogP contribution is 2.28. The predicted octanol–water partition coefficient (Wildman–Crippen LogP) is 4.57. The molecule has 0 bridgehead atoms. The van der Waals surface area contributed by atoms with Gasteiger partial charge in [0.15, 0.2) is 5.76 Å². The Balaban J connectivity index is 1.56. The van der Waals surface area contributed by atoms with Crippen LogP contribution in [-0.2, 0) is 0 Å². The van der Waals surface area contributed by atoms with Gasteiger partial charge in [0.05, 0.1) is 11.1 Å². The average molecular weight is 373 g/mol. The maximum Gasteiger partial charge on any atom is 0.307 e. The largest absolute Gasteiger partial charge is 0.451 e. The van der Waals surface area contributed by atoms with Crippen LogP contribution in [0.5, 0.6) is 0 Å². The number of nitrogens with one attached hydrogen (secondary N) is 1. The Bertz CT molecular complexity index is 1260. The maximum atomic E-state index is 12.3. The highest BCUT2D eigenvalue weighted by atomic mass is 16.6. The van der Waals surface area contributed by atoms with Gasteiger partial charge in [-0.2, -0.15) is 5.10 Å². The fourth-order valence-electron chi connectivity index (χ4n) is 3.03. The summed E-state index contributed by atoms with van der Waals surface area (Å²) in [6, 6.07) is 18.0. The lowest BCUT2D eigenvalue weighted by Crippen LogP contribution is -2.16. The molecule has 0 spiro atoms. The minimum Gasteiger partial charge on any atom is -0.451 e. The van der Waals surface area contributed by atoms with Gasteiger partial charge >= 0.3 is 5.91 Å². The number of hydrogen-bond donors (Lipinski definition) is 1. The van der Waals surface area contributed by atoms with Crippen molar-refractivity contribution in [2.45, 2.75) is 6.92 Å². The summed E-state index contributed by atoms with van der Waals surface area (Å²) >= 11 is 0. The lowest BCUT2D eigenvalue weighted by molar-refractivity contribution is -0.385. The van der Waals surface area contributed by atoms with Crippen LogP contribution in [0.2, 0.25) is 0 Å². The summed E-state index contributed by atoms with van der Waals surface area (Å²) < 4.78 is 5.63. The predicted molar refractivity (Wildman–Crippen MR) is 107 cm³/mol. The molecule has 4 aromatic rings. The van der Waals surface area contributed by atoms with Gasteiger partial charge < -0.3 is 4.42 Å². The third-order valence-corrected chi connectivity index (χ3v) is 4.46. The van der Waals surface area contributed by atoms with Gasteiger partial charge in [-0.05, 0) is 29.8 Å². The van der Waals surface area contributed by atoms with Gasteiger partial charge in [0.25, 0.3) is 5.69 Å². The van der Waals surface area contributed by atoms with E-state index in [4.69, 9.17) is 4.42 Å². The van der Waals surface area contributed by atoms with Crippen molar-refractivity contribution >= 4 is 39.6 Å². The molecule has 0 aliphatic heterocycles. The van der Waals surface area contributed by atoms with Crippen molar-refractivity contribution in [1.29, 1.82) is 0 Å². The molecule has 1 aromatic heterocycles. The number of nitro groups is 1. The van der Waals surface area contributed by atoms with Gasteiger partial charge in [-0.1, -0.05) is 42.5 Å². The number of rotatable bonds is 4. The number of hydrogen-bond acceptors (Lipinski definition) is 5. The van der Waals surface area contributed by atoms with Crippen molar-refractivity contribution in [3.05, 3.63) is 87.7 Å². The smallest absolute Gasteiger partial charge is 0.307 e. The van der Waals surface area contributed by atoms with E-state index in [0.29, 0.717) is 16.7 Å². The molecule has 7 heteroatoms. The third-order valence-electron chi connectivity index (χ3n) is 4.46. The average Bonchev–Trinajstić information content (AvgIpc) is 3.14. The van der Waals surface area contributed by atoms with E-state index in [2.05, 4.69) is 10.5 Å². The van der Waals surface area contributed by atoms with Crippen LogP contribution in [0.1, 0.15) is 21.7 Å². The number of amides is 1. The van der Waals surface area contributed by atoms with Crippen LogP contribution in [0.25, 0.3) is 21.7 Å². The van der Waals surface area contributed by atoms with Gasteiger partial charge in [-0.15, -0.1) is 0 Å². The highest BCUT2D eigenvalue weighted by molar-refractivity contribution is 6.08. The molecule has 4 rings (SSSR count). The molecule has 3 aromatic carbocycles. The topological polar surface area (TPSA) is 97.7 Å². The Morgan fingerprint density at radius 3 is 2.75 bits per heavy atom. The Morgan fingerprint density at radius 2 is 1.93 bits per heavy atom. The van der Waals surface area contributed by atoms with E-state index < -0.39 is 10.8 Å². The molecular formula is C21H15N3O4. The molecule has 1 N–H and O–H groups in total. The summed E-state index contributed by atoms with van der Waals surface area (Å²) in [4.78, 5) is 22.9. The summed E-state index contributed by atoms with van der Waals surface area (Å²) in [5.41, 5.74) is 4.06. The molecule has 0 unspecified atom stereocenters. The number of hydrazone groups is 1. The zero-order chi connectivity index (χ0) is 19.7. The van der Waals surface area contributed by atoms with Crippen molar-refractivity contribution in [1.82, 2.24) is 5.43 Å². The number of furan rings is 1. The van der Waals surface area contributed by atoms with Crippen molar-refractivity contribution < 1.29 is 14.1 Å². The second-order valence-corrected chi connectivity index (χ2v) is 6.31. The summed E-state index contributed by atoms with van der Waals surface area (Å²) in [6.07, 6.45) is 1.35. The molecule has 1 amide bonds. The zero-order valence-electron chi connectivity index (χ0n) is 14.9. The fourth-order valence-corrected chi connectivity index (χ4v) is 3.03. The normalized spacial score (nSPS) is 11.3. The summed E-state index contributed by atoms with van der Waals surface area (Å²) in [5.74, 6) is -0.364. The minimum absolute atomic E-state index is 0.000520. The fraction of sp³-hybridized carbons (Fsp3) is 0.0476. The first-order chi connectivity index (χ1) is 13.5. The molecule has 0 saturated carbocycles. The number of aryl methyl sites for hydroxylation is 1. The second-order valence-electron chi connectivity index (χ2n) is 6.31. The lowest BCUT2D eigenvalue weighted by atomic mass is 10.1. The van der Waals surface area contributed by atoms with Crippen LogP contribution in [0.15, 0.2) is 70.2 Å². The summed E-state index contributed by atoms with van der Waals surface area (Å²) in [7, 11) is 0. The molecular weight excluding hydrogens is 358 g/mol. The van der Waals surface area contributed by atoms with Gasteiger partial charge in [0.2, 0.25) is 0 Å². The molecule has 1 heterocycles. The Morgan fingerprint density at radius 1 is 1.11 bits per heavy atom. The lowest BCUT2D eigenvalue weighted by Gasteiger charge is -1.99. The molecule has 0 aliphatic rings. The number of carbonyl (C=O) groups excluding carboxylic acids is 1. The molecule has 138 valence electrons. The molecule has 7 nitrogen and oxygen atoms in total. The van der Waals surface area contributed by atoms with Crippen molar-refractivity contribution in [3.8, 4) is 0 Å². The zero-order valence-corrected chi connectivity index (χ0v) is 14.9. The van der Waals surface area contributed by atoms with Crippen molar-refractivity contribution in [2.24, 2.45) is 5.10 Å². The quantitative estimate of drug-likeness (QED) is 0.322. The van der Waals surface area contributed by atoms with Gasteiger partial charge in [0.1, 0.15) is 5.58 Å². The standard InChI is InChI=1S/C21H15N3O4/c1-13-6-7-14(10-18(13)24(26)27)12-22-23-21(25)20-11-17-16-5-3-2-4-15(16)8-9-19(17)28-20/h2-12H,1H3,(H,23,25)/b22-12-. The molecule has 0 radical (unpaired) electrons. The monoisotopic (exact) mass is 373 g/mol. The maximum absolute atomic E-state index is 12.3. The van der Waals surface area contributed by atoms with Gasteiger partial charge in [0, 0.05) is 22.6 Å². The van der Waals surface area contributed by atoms with E-state index in [1.54, 1.807) is 25.1 Å². The number of fused-ring (bicyclic) bond motifs is 3. The Kier molecular flexibility index (Phi) is 4.33. The number of nitro benzene ring substituents is 1. The molecule has 28 heavy (non-hydrogen) atoms. The first-order valence-corrected chi connectivity index (χ1v) is 8.53. The minimum atomic E-state index is -0.502. The first-order valence-electron chi connectivity index (χ1n) is 8.53. The summed E-state index contributed by atoms with van der Waals surface area (Å²) in [6.45, 7) is 1.66. The van der Waals surface area contributed by atoms with Crippen LogP contribution >= 0.6 is 0 Å². The Labute approximate surface area is 159 Å². The van der Waals surface area contributed by atoms with E-state index in [0.717, 1.165) is 16.2 Å². The van der Waals surface area contributed by atoms with Crippen LogP contribution in [-0.4, -0.2) is 17.0 Å². The van der Waals surface area contributed by atoms with E-state index in [1.165, 1.54) is 12.3 Å². The Hall–Kier alpha value is -4.00. The van der Waals surface area contributed by atoms with E-state index in [9.17, 15) is 14.9 Å². The number of nitrogens with zero attached hydrogens (tertiary/aromatic N) is 2. The van der Waals surface area contributed by atoms with Crippen molar-refractivity contribution in [2.75, 3.05) is 0 Å². The van der Waals surface area contributed by atoms with Crippen LogP contribution in [0, 0.1) is 17.0 Å². The molecule has 0 atom stereocenters. The number of carbonyl (C=O) groups is 1. The van der Waals surface area contributed by atoms with Crippen molar-refractivity contribution in [3.63, 3.8) is 0 Å². The van der Waals surface area contributed by atoms with Crippen LogP contribution < -0.4 is 5.43 Å². The van der Waals surface area contributed by atoms with Crippen LogP contribution in [0.3, 0.4) is 0 Å². The number of benzene rings is 3. The van der Waals surface area contributed by atoms with E-state index in [1.807, 2.05) is 36.4 Å². The molecule has 0 saturated heterocycles. The van der Waals surface area contributed by atoms with Gasteiger partial charge in [-0.25, -0.2) is 5.43 Å².